The molecule has 18 heavy (non-hydrogen) atoms. The zero-order valence-corrected chi connectivity index (χ0v) is 10.8. The topological polar surface area (TPSA) is 61.2 Å². The molecule has 0 radical (unpaired) electrons. The normalized spacial score (nSPS) is 12.1. The zero-order valence-electron chi connectivity index (χ0n) is 9.99. The van der Waals surface area contributed by atoms with Crippen LogP contribution in [0.4, 0.5) is 0 Å². The molecule has 0 unspecified atom stereocenters. The summed E-state index contributed by atoms with van der Waals surface area (Å²) in [5.74, 6) is -0.518. The summed E-state index contributed by atoms with van der Waals surface area (Å²) in [6, 6.07) is 2.81. The van der Waals surface area contributed by atoms with E-state index in [-0.39, 0.29) is 11.1 Å². The highest BCUT2D eigenvalue weighted by molar-refractivity contribution is 7.09. The lowest BCUT2D eigenvalue weighted by molar-refractivity contribution is 0.0337. The van der Waals surface area contributed by atoms with E-state index in [9.17, 15) is 9.59 Å². The van der Waals surface area contributed by atoms with E-state index in [2.05, 4.69) is 4.98 Å². The fraction of sp³-hybridized carbons (Fsp3) is 0.250. The minimum absolute atomic E-state index is 0.244. The maximum Gasteiger partial charge on any atom is 0.339 e. The second-order valence-electron chi connectivity index (χ2n) is 3.78. The minimum Gasteiger partial charge on any atom is -0.452 e. The first-order valence-corrected chi connectivity index (χ1v) is 6.23. The SMILES string of the molecule is C[C@@H](OC(=O)c1ccn(C)c(=O)c1)c1nccs1. The van der Waals surface area contributed by atoms with Gasteiger partial charge in [0.15, 0.2) is 6.10 Å². The predicted octanol–water partition coefficient (Wildman–Crippen LogP) is 1.76. The van der Waals surface area contributed by atoms with Crippen molar-refractivity contribution in [2.75, 3.05) is 0 Å². The lowest BCUT2D eigenvalue weighted by atomic mass is 10.2. The van der Waals surface area contributed by atoms with Crippen molar-refractivity contribution in [3.63, 3.8) is 0 Å². The van der Waals surface area contributed by atoms with Crippen LogP contribution >= 0.6 is 11.3 Å². The van der Waals surface area contributed by atoms with E-state index in [0.717, 1.165) is 5.01 Å². The summed E-state index contributed by atoms with van der Waals surface area (Å²) in [5.41, 5.74) is 0.00728. The third-order valence-corrected chi connectivity index (χ3v) is 3.36. The Morgan fingerprint density at radius 3 is 2.94 bits per heavy atom. The van der Waals surface area contributed by atoms with Crippen LogP contribution < -0.4 is 5.56 Å². The van der Waals surface area contributed by atoms with Gasteiger partial charge in [-0.05, 0) is 13.0 Å². The Balaban J connectivity index is 2.12. The van der Waals surface area contributed by atoms with E-state index in [1.807, 2.05) is 5.38 Å². The van der Waals surface area contributed by atoms with Gasteiger partial charge in [-0.2, -0.15) is 0 Å². The molecule has 0 saturated heterocycles. The number of ether oxygens (including phenoxy) is 1. The average molecular weight is 264 g/mol. The summed E-state index contributed by atoms with van der Waals surface area (Å²) in [6.45, 7) is 1.75. The van der Waals surface area contributed by atoms with Gasteiger partial charge in [0.25, 0.3) is 5.56 Å². The summed E-state index contributed by atoms with van der Waals surface area (Å²) in [4.78, 5) is 27.3. The van der Waals surface area contributed by atoms with Crippen molar-refractivity contribution < 1.29 is 9.53 Å². The Morgan fingerprint density at radius 1 is 1.56 bits per heavy atom. The van der Waals surface area contributed by atoms with E-state index in [1.165, 1.54) is 28.2 Å². The molecule has 0 aliphatic rings. The van der Waals surface area contributed by atoms with Gasteiger partial charge in [0, 0.05) is 30.9 Å². The number of aromatic nitrogens is 2. The minimum atomic E-state index is -0.518. The van der Waals surface area contributed by atoms with Gasteiger partial charge in [-0.3, -0.25) is 4.79 Å². The highest BCUT2D eigenvalue weighted by Crippen LogP contribution is 2.19. The molecule has 2 rings (SSSR count). The molecule has 0 amide bonds. The van der Waals surface area contributed by atoms with E-state index in [4.69, 9.17) is 4.74 Å². The molecule has 2 aromatic rings. The Morgan fingerprint density at radius 2 is 2.33 bits per heavy atom. The van der Waals surface area contributed by atoms with Crippen molar-refractivity contribution in [3.05, 3.63) is 50.8 Å². The van der Waals surface area contributed by atoms with Crippen molar-refractivity contribution in [3.8, 4) is 0 Å². The third kappa shape index (κ3) is 2.65. The highest BCUT2D eigenvalue weighted by atomic mass is 32.1. The maximum atomic E-state index is 11.8. The van der Waals surface area contributed by atoms with Crippen LogP contribution in [0, 0.1) is 0 Å². The number of thiazole rings is 1. The number of carbonyl (C=O) groups is 1. The number of pyridine rings is 1. The fourth-order valence-corrected chi connectivity index (χ4v) is 2.01. The van der Waals surface area contributed by atoms with Gasteiger partial charge in [-0.15, -0.1) is 11.3 Å². The Kier molecular flexibility index (Phi) is 3.57. The van der Waals surface area contributed by atoms with Crippen LogP contribution in [-0.4, -0.2) is 15.5 Å². The molecule has 2 heterocycles. The lowest BCUT2D eigenvalue weighted by Crippen LogP contribution is -2.18. The largest absolute Gasteiger partial charge is 0.452 e. The Bertz CT molecular complexity index is 604. The monoisotopic (exact) mass is 264 g/mol. The van der Waals surface area contributed by atoms with Crippen molar-refractivity contribution in [2.45, 2.75) is 13.0 Å². The highest BCUT2D eigenvalue weighted by Gasteiger charge is 2.15. The summed E-state index contributed by atoms with van der Waals surface area (Å²) in [6.07, 6.45) is 2.77. The zero-order chi connectivity index (χ0) is 13.1. The Hall–Kier alpha value is -1.95. The second kappa shape index (κ2) is 5.14. The van der Waals surface area contributed by atoms with Crippen LogP contribution in [0.5, 0.6) is 0 Å². The molecular formula is C12H12N2O3S. The number of carbonyl (C=O) groups excluding carboxylic acids is 1. The summed E-state index contributed by atoms with van der Waals surface area (Å²) in [7, 11) is 1.62. The molecular weight excluding hydrogens is 252 g/mol. The molecule has 94 valence electrons. The van der Waals surface area contributed by atoms with Crippen molar-refractivity contribution in [1.82, 2.24) is 9.55 Å². The number of hydrogen-bond donors (Lipinski definition) is 0. The molecule has 2 aromatic heterocycles. The van der Waals surface area contributed by atoms with Gasteiger partial charge in [0.05, 0.1) is 5.56 Å². The molecule has 0 spiro atoms. The van der Waals surface area contributed by atoms with Crippen LogP contribution in [0.3, 0.4) is 0 Å². The molecule has 0 saturated carbocycles. The van der Waals surface area contributed by atoms with E-state index in [0.29, 0.717) is 0 Å². The van der Waals surface area contributed by atoms with Gasteiger partial charge in [-0.1, -0.05) is 0 Å². The summed E-state index contributed by atoms with van der Waals surface area (Å²) in [5, 5.41) is 2.55. The van der Waals surface area contributed by atoms with E-state index >= 15 is 0 Å². The first kappa shape index (κ1) is 12.5. The van der Waals surface area contributed by atoms with Gasteiger partial charge in [0.1, 0.15) is 5.01 Å². The number of nitrogens with zero attached hydrogens (tertiary/aromatic N) is 2. The Labute approximate surface area is 108 Å². The third-order valence-electron chi connectivity index (χ3n) is 2.42. The predicted molar refractivity (Wildman–Crippen MR) is 67.6 cm³/mol. The van der Waals surface area contributed by atoms with Crippen LogP contribution in [0.2, 0.25) is 0 Å². The second-order valence-corrected chi connectivity index (χ2v) is 4.71. The first-order valence-electron chi connectivity index (χ1n) is 5.35. The smallest absolute Gasteiger partial charge is 0.339 e. The van der Waals surface area contributed by atoms with Crippen LogP contribution in [0.15, 0.2) is 34.7 Å². The number of rotatable bonds is 3. The lowest BCUT2D eigenvalue weighted by Gasteiger charge is -2.10. The van der Waals surface area contributed by atoms with Crippen LogP contribution in [0.1, 0.15) is 28.4 Å². The van der Waals surface area contributed by atoms with Gasteiger partial charge < -0.3 is 9.30 Å². The summed E-state index contributed by atoms with van der Waals surface area (Å²) < 4.78 is 6.63. The molecule has 0 N–H and O–H groups in total. The van der Waals surface area contributed by atoms with E-state index < -0.39 is 12.1 Å². The molecule has 5 nitrogen and oxygen atoms in total. The fourth-order valence-electron chi connectivity index (χ4n) is 1.39. The number of aryl methyl sites for hydroxylation is 1. The number of hydrogen-bond acceptors (Lipinski definition) is 5. The van der Waals surface area contributed by atoms with Crippen molar-refractivity contribution in [2.24, 2.45) is 7.05 Å². The molecule has 0 aliphatic heterocycles. The van der Waals surface area contributed by atoms with Gasteiger partial charge in [0.2, 0.25) is 0 Å². The van der Waals surface area contributed by atoms with Crippen LogP contribution in [-0.2, 0) is 11.8 Å². The molecule has 1 atom stereocenters. The van der Waals surface area contributed by atoms with Crippen molar-refractivity contribution in [1.29, 1.82) is 0 Å². The van der Waals surface area contributed by atoms with Crippen molar-refractivity contribution >= 4 is 17.3 Å². The molecule has 0 fully saturated rings. The van der Waals surface area contributed by atoms with E-state index in [1.54, 1.807) is 26.2 Å². The molecule has 6 heteroatoms. The van der Waals surface area contributed by atoms with Crippen LogP contribution in [0.25, 0.3) is 0 Å². The summed E-state index contributed by atoms with van der Waals surface area (Å²) >= 11 is 1.42. The first-order chi connectivity index (χ1) is 8.58. The molecule has 0 bridgehead atoms. The van der Waals surface area contributed by atoms with Gasteiger partial charge in [-0.25, -0.2) is 9.78 Å². The molecule has 0 aliphatic carbocycles. The quantitative estimate of drug-likeness (QED) is 0.792. The average Bonchev–Trinajstić information content (AvgIpc) is 2.86. The van der Waals surface area contributed by atoms with Gasteiger partial charge >= 0.3 is 5.97 Å². The molecule has 0 aromatic carbocycles. The maximum absolute atomic E-state index is 11.8. The standard InChI is InChI=1S/C12H12N2O3S/c1-8(11-13-4-6-18-11)17-12(16)9-3-5-14(2)10(15)7-9/h3-8H,1-2H3/t8-/m1/s1. The number of esters is 1.